The molecular weight excluding hydrogens is 425 g/mol. The molecule has 0 bridgehead atoms. The third-order valence-electron chi connectivity index (χ3n) is 5.16. The summed E-state index contributed by atoms with van der Waals surface area (Å²) in [5, 5.41) is 9.56. The lowest BCUT2D eigenvalue weighted by Gasteiger charge is -2.20. The van der Waals surface area contributed by atoms with Gasteiger partial charge in [-0.05, 0) is 18.2 Å². The van der Waals surface area contributed by atoms with Gasteiger partial charge >= 0.3 is 18.0 Å². The number of benzene rings is 2. The van der Waals surface area contributed by atoms with Crippen molar-refractivity contribution in [1.82, 2.24) is 9.55 Å². The fraction of sp³-hybridized carbons (Fsp3) is 0.250. The van der Waals surface area contributed by atoms with E-state index in [0.29, 0.717) is 22.0 Å². The average molecular weight is 439 g/mol. The summed E-state index contributed by atoms with van der Waals surface area (Å²) in [7, 11) is 1.45. The first kappa shape index (κ1) is 20.9. The molecule has 0 radical (unpaired) electrons. The SMILES string of the molecule is Cn1c(=O)c(CN2C(=O)C(F)(F)c3c([C@@H](O)C(F)(F)F)cccc32)nc2ccccc21. The molecule has 31 heavy (non-hydrogen) atoms. The summed E-state index contributed by atoms with van der Waals surface area (Å²) in [5.74, 6) is -6.12. The van der Waals surface area contributed by atoms with Crippen molar-refractivity contribution in [3.8, 4) is 0 Å². The van der Waals surface area contributed by atoms with Crippen LogP contribution in [-0.4, -0.2) is 26.7 Å². The number of anilines is 1. The Morgan fingerprint density at radius 1 is 1.10 bits per heavy atom. The topological polar surface area (TPSA) is 75.4 Å². The van der Waals surface area contributed by atoms with Crippen molar-refractivity contribution in [2.45, 2.75) is 24.7 Å². The maximum atomic E-state index is 14.8. The second kappa shape index (κ2) is 6.84. The molecule has 1 atom stereocenters. The zero-order valence-electron chi connectivity index (χ0n) is 15.8. The Labute approximate surface area is 171 Å². The van der Waals surface area contributed by atoms with Gasteiger partial charge in [-0.15, -0.1) is 0 Å². The maximum Gasteiger partial charge on any atom is 0.418 e. The molecule has 162 valence electrons. The zero-order valence-corrected chi connectivity index (χ0v) is 15.8. The maximum absolute atomic E-state index is 14.8. The van der Waals surface area contributed by atoms with Gasteiger partial charge in [0.25, 0.3) is 5.56 Å². The van der Waals surface area contributed by atoms with Gasteiger partial charge in [0.05, 0.1) is 28.8 Å². The molecule has 1 aromatic heterocycles. The average Bonchev–Trinajstić information content (AvgIpc) is 2.91. The molecule has 4 rings (SSSR count). The predicted molar refractivity (Wildman–Crippen MR) is 99.5 cm³/mol. The van der Waals surface area contributed by atoms with Crippen LogP contribution < -0.4 is 10.5 Å². The number of fused-ring (bicyclic) bond motifs is 2. The summed E-state index contributed by atoms with van der Waals surface area (Å²) in [6, 6.07) is 9.29. The number of aliphatic hydroxyl groups excluding tert-OH is 1. The van der Waals surface area contributed by atoms with Crippen LogP contribution in [0.25, 0.3) is 11.0 Å². The van der Waals surface area contributed by atoms with E-state index in [0.717, 1.165) is 12.1 Å². The summed E-state index contributed by atoms with van der Waals surface area (Å²) in [6.07, 6.45) is -8.41. The molecule has 2 aromatic carbocycles. The van der Waals surface area contributed by atoms with Crippen LogP contribution in [0, 0.1) is 0 Å². The lowest BCUT2D eigenvalue weighted by Crippen LogP contribution is -2.37. The van der Waals surface area contributed by atoms with E-state index in [1.54, 1.807) is 24.3 Å². The quantitative estimate of drug-likeness (QED) is 0.637. The molecule has 11 heteroatoms. The molecule has 2 heterocycles. The third kappa shape index (κ3) is 3.16. The Morgan fingerprint density at radius 3 is 2.45 bits per heavy atom. The van der Waals surface area contributed by atoms with Gasteiger partial charge in [-0.1, -0.05) is 24.3 Å². The number of halogens is 5. The van der Waals surface area contributed by atoms with Crippen LogP contribution in [0.5, 0.6) is 0 Å². The number of para-hydroxylation sites is 2. The van der Waals surface area contributed by atoms with Crippen LogP contribution in [0.4, 0.5) is 27.6 Å². The highest BCUT2D eigenvalue weighted by Gasteiger charge is 2.56. The molecule has 1 amide bonds. The Morgan fingerprint density at radius 2 is 1.77 bits per heavy atom. The lowest BCUT2D eigenvalue weighted by atomic mass is 9.97. The van der Waals surface area contributed by atoms with E-state index in [1.807, 2.05) is 0 Å². The van der Waals surface area contributed by atoms with Crippen molar-refractivity contribution in [3.05, 3.63) is 69.6 Å². The number of aliphatic hydroxyl groups is 1. The monoisotopic (exact) mass is 439 g/mol. The second-order valence-corrected chi connectivity index (χ2v) is 7.06. The predicted octanol–water partition coefficient (Wildman–Crippen LogP) is 3.17. The molecule has 3 aromatic rings. The molecule has 1 aliphatic heterocycles. The van der Waals surface area contributed by atoms with Crippen LogP contribution in [0.15, 0.2) is 47.3 Å². The molecule has 0 unspecified atom stereocenters. The molecule has 1 aliphatic rings. The first-order chi connectivity index (χ1) is 14.4. The van der Waals surface area contributed by atoms with Crippen molar-refractivity contribution in [2.24, 2.45) is 7.05 Å². The first-order valence-electron chi connectivity index (χ1n) is 8.97. The largest absolute Gasteiger partial charge is 0.418 e. The number of alkyl halides is 5. The minimum Gasteiger partial charge on any atom is -0.379 e. The van der Waals surface area contributed by atoms with Crippen molar-refractivity contribution in [1.29, 1.82) is 0 Å². The van der Waals surface area contributed by atoms with Gasteiger partial charge < -0.3 is 14.6 Å². The summed E-state index contributed by atoms with van der Waals surface area (Å²) in [5.41, 5.74) is -2.90. The molecule has 6 nitrogen and oxygen atoms in total. The third-order valence-corrected chi connectivity index (χ3v) is 5.16. The summed E-state index contributed by atoms with van der Waals surface area (Å²) < 4.78 is 69.7. The van der Waals surface area contributed by atoms with E-state index in [1.165, 1.54) is 11.6 Å². The second-order valence-electron chi connectivity index (χ2n) is 7.06. The molecule has 0 saturated heterocycles. The van der Waals surface area contributed by atoms with E-state index >= 15 is 0 Å². The molecular formula is C20H14F5N3O3. The fourth-order valence-corrected chi connectivity index (χ4v) is 3.66. The minimum absolute atomic E-state index is 0.236. The number of carbonyl (C=O) groups excluding carboxylic acids is 1. The molecule has 1 N–H and O–H groups in total. The van der Waals surface area contributed by atoms with Crippen molar-refractivity contribution < 1.29 is 31.9 Å². The number of hydrogen-bond acceptors (Lipinski definition) is 4. The number of nitrogens with zero attached hydrogens (tertiary/aromatic N) is 3. The van der Waals surface area contributed by atoms with Crippen molar-refractivity contribution >= 4 is 22.6 Å². The number of hydrogen-bond donors (Lipinski definition) is 1. The molecule has 0 fully saturated rings. The number of rotatable bonds is 3. The van der Waals surface area contributed by atoms with Gasteiger partial charge in [0, 0.05) is 12.6 Å². The van der Waals surface area contributed by atoms with Gasteiger partial charge in [0.1, 0.15) is 5.69 Å². The lowest BCUT2D eigenvalue weighted by molar-refractivity contribution is -0.207. The summed E-state index contributed by atoms with van der Waals surface area (Å²) >= 11 is 0. The number of aromatic nitrogens is 2. The molecule has 0 spiro atoms. The summed E-state index contributed by atoms with van der Waals surface area (Å²) in [4.78, 5) is 29.8. The number of amides is 1. The standard InChI is InChI=1S/C20H14F5N3O3/c1-27-13-7-3-2-6-11(13)26-12(17(27)30)9-28-14-8-4-5-10(16(29)20(23,24)25)15(14)19(21,22)18(28)31/h2-8,16,29H,9H2,1H3/t16-/m1/s1. The highest BCUT2D eigenvalue weighted by molar-refractivity contribution is 6.06. The van der Waals surface area contributed by atoms with Crippen molar-refractivity contribution in [2.75, 3.05) is 4.90 Å². The van der Waals surface area contributed by atoms with Gasteiger partial charge in [0.15, 0.2) is 6.10 Å². The highest BCUT2D eigenvalue weighted by atomic mass is 19.4. The van der Waals surface area contributed by atoms with Gasteiger partial charge in [-0.2, -0.15) is 22.0 Å². The first-order valence-corrected chi connectivity index (χ1v) is 8.97. The fourth-order valence-electron chi connectivity index (χ4n) is 3.66. The van der Waals surface area contributed by atoms with Gasteiger partial charge in [-0.25, -0.2) is 4.98 Å². The van der Waals surface area contributed by atoms with Crippen LogP contribution in [0.2, 0.25) is 0 Å². The van der Waals surface area contributed by atoms with E-state index < -0.39 is 53.0 Å². The highest BCUT2D eigenvalue weighted by Crippen LogP contribution is 2.49. The van der Waals surface area contributed by atoms with E-state index in [-0.39, 0.29) is 5.69 Å². The molecule has 0 aliphatic carbocycles. The number of carbonyl (C=O) groups is 1. The van der Waals surface area contributed by atoms with Crippen molar-refractivity contribution in [3.63, 3.8) is 0 Å². The Balaban J connectivity index is 1.85. The van der Waals surface area contributed by atoms with Gasteiger partial charge in [0.2, 0.25) is 0 Å². The molecule has 0 saturated carbocycles. The summed E-state index contributed by atoms with van der Waals surface area (Å²) in [6.45, 7) is -0.676. The van der Waals surface area contributed by atoms with Crippen LogP contribution >= 0.6 is 0 Å². The van der Waals surface area contributed by atoms with Crippen LogP contribution in [-0.2, 0) is 24.3 Å². The smallest absolute Gasteiger partial charge is 0.379 e. The van der Waals surface area contributed by atoms with Crippen LogP contribution in [0.1, 0.15) is 22.9 Å². The van der Waals surface area contributed by atoms with E-state index in [9.17, 15) is 36.6 Å². The van der Waals surface area contributed by atoms with Crippen LogP contribution in [0.3, 0.4) is 0 Å². The Bertz CT molecular complexity index is 1270. The minimum atomic E-state index is -5.21. The van der Waals surface area contributed by atoms with E-state index in [2.05, 4.69) is 4.98 Å². The van der Waals surface area contributed by atoms with E-state index in [4.69, 9.17) is 0 Å². The van der Waals surface area contributed by atoms with Gasteiger partial charge in [-0.3, -0.25) is 9.59 Å². The Kier molecular flexibility index (Phi) is 4.61. The number of aryl methyl sites for hydroxylation is 1. The Hall–Kier alpha value is -3.34. The normalized spacial score (nSPS) is 16.6. The zero-order chi connectivity index (χ0) is 22.7.